The summed E-state index contributed by atoms with van der Waals surface area (Å²) < 4.78 is 33.3. The van der Waals surface area contributed by atoms with Gasteiger partial charge in [-0.05, 0) is 31.7 Å². The maximum Gasteiger partial charge on any atom is 0.387 e. The molecule has 0 aliphatic heterocycles. The Kier molecular flexibility index (Phi) is 6.84. The Labute approximate surface area is 117 Å². The maximum absolute atomic E-state index is 12.1. The average molecular weight is 289 g/mol. The molecule has 1 aromatic carbocycles. The molecule has 1 aromatic rings. The fourth-order valence-electron chi connectivity index (χ4n) is 1.92. The van der Waals surface area contributed by atoms with Crippen LogP contribution in [-0.2, 0) is 4.74 Å². The van der Waals surface area contributed by atoms with E-state index in [1.807, 2.05) is 18.9 Å². The van der Waals surface area contributed by atoms with Gasteiger partial charge in [0.05, 0.1) is 12.7 Å². The van der Waals surface area contributed by atoms with Crippen LogP contribution in [0.25, 0.3) is 0 Å². The summed E-state index contributed by atoms with van der Waals surface area (Å²) in [4.78, 5) is 1.96. The van der Waals surface area contributed by atoms with E-state index in [2.05, 4.69) is 4.74 Å². The molecule has 0 heterocycles. The molecule has 1 rings (SSSR count). The first kappa shape index (κ1) is 16.8. The fraction of sp³-hybridized carbons (Fsp3) is 0.571. The second-order valence-corrected chi connectivity index (χ2v) is 4.67. The number of nitrogens with zero attached hydrogens (tertiary/aromatic N) is 1. The van der Waals surface area contributed by atoms with Crippen LogP contribution in [0.5, 0.6) is 5.75 Å². The Bertz CT molecular complexity index is 387. The van der Waals surface area contributed by atoms with E-state index in [0.29, 0.717) is 6.54 Å². The van der Waals surface area contributed by atoms with Crippen LogP contribution in [0.3, 0.4) is 0 Å². The topological polar surface area (TPSA) is 41.9 Å². The molecule has 6 heteroatoms. The lowest BCUT2D eigenvalue weighted by Gasteiger charge is -2.27. The number of benzene rings is 1. The number of hydrogen-bond acceptors (Lipinski definition) is 4. The number of aliphatic hydroxyl groups is 1. The molecule has 4 nitrogen and oxygen atoms in total. The molecular formula is C14H21F2NO3. The summed E-state index contributed by atoms with van der Waals surface area (Å²) in [7, 11) is 3.42. The van der Waals surface area contributed by atoms with E-state index < -0.39 is 12.7 Å². The van der Waals surface area contributed by atoms with Gasteiger partial charge in [0.15, 0.2) is 0 Å². The minimum absolute atomic E-state index is 0.0436. The van der Waals surface area contributed by atoms with Gasteiger partial charge in [-0.2, -0.15) is 8.78 Å². The summed E-state index contributed by atoms with van der Waals surface area (Å²) in [6.07, 6.45) is -0.561. The average Bonchev–Trinajstić information content (AvgIpc) is 2.38. The molecule has 0 spiro atoms. The molecule has 0 aliphatic carbocycles. The maximum atomic E-state index is 12.1. The van der Waals surface area contributed by atoms with Crippen LogP contribution in [0.15, 0.2) is 24.3 Å². The van der Waals surface area contributed by atoms with Gasteiger partial charge in [-0.3, -0.25) is 4.90 Å². The van der Waals surface area contributed by atoms with Crippen molar-refractivity contribution in [3.8, 4) is 5.75 Å². The van der Waals surface area contributed by atoms with Crippen LogP contribution in [0, 0.1) is 0 Å². The third-order valence-electron chi connectivity index (χ3n) is 3.11. The molecule has 20 heavy (non-hydrogen) atoms. The molecule has 0 bridgehead atoms. The lowest BCUT2D eigenvalue weighted by molar-refractivity contribution is -0.0498. The Hall–Kier alpha value is -1.24. The van der Waals surface area contributed by atoms with Crippen molar-refractivity contribution < 1.29 is 23.4 Å². The molecule has 2 unspecified atom stereocenters. The van der Waals surface area contributed by atoms with Gasteiger partial charge in [0.2, 0.25) is 0 Å². The minimum Gasteiger partial charge on any atom is -0.435 e. The summed E-state index contributed by atoms with van der Waals surface area (Å²) in [5.74, 6) is 0.137. The van der Waals surface area contributed by atoms with Gasteiger partial charge >= 0.3 is 6.61 Å². The van der Waals surface area contributed by atoms with Crippen molar-refractivity contribution in [3.63, 3.8) is 0 Å². The van der Waals surface area contributed by atoms with Crippen LogP contribution in [0.1, 0.15) is 18.5 Å². The highest BCUT2D eigenvalue weighted by Crippen LogP contribution is 2.22. The zero-order valence-corrected chi connectivity index (χ0v) is 11.9. The van der Waals surface area contributed by atoms with E-state index >= 15 is 0 Å². The molecule has 0 saturated carbocycles. The van der Waals surface area contributed by atoms with E-state index in [0.717, 1.165) is 5.56 Å². The Morgan fingerprint density at radius 1 is 1.25 bits per heavy atom. The summed E-state index contributed by atoms with van der Waals surface area (Å²) in [6.45, 7) is -0.101. The molecule has 2 atom stereocenters. The van der Waals surface area contributed by atoms with Gasteiger partial charge in [-0.25, -0.2) is 0 Å². The van der Waals surface area contributed by atoms with Crippen LogP contribution in [-0.4, -0.2) is 50.0 Å². The summed E-state index contributed by atoms with van der Waals surface area (Å²) in [5, 5.41) is 9.69. The van der Waals surface area contributed by atoms with Gasteiger partial charge in [0.1, 0.15) is 5.75 Å². The van der Waals surface area contributed by atoms with Crippen LogP contribution in [0.2, 0.25) is 0 Å². The van der Waals surface area contributed by atoms with Crippen molar-refractivity contribution in [1.82, 2.24) is 4.90 Å². The molecule has 0 amide bonds. The summed E-state index contributed by atoms with van der Waals surface area (Å²) >= 11 is 0. The quantitative estimate of drug-likeness (QED) is 0.797. The number of ether oxygens (including phenoxy) is 2. The number of aliphatic hydroxyl groups excluding tert-OH is 1. The van der Waals surface area contributed by atoms with Crippen LogP contribution in [0.4, 0.5) is 8.78 Å². The molecule has 0 aliphatic rings. The van der Waals surface area contributed by atoms with Gasteiger partial charge in [0.25, 0.3) is 0 Å². The first-order valence-corrected chi connectivity index (χ1v) is 6.36. The summed E-state index contributed by atoms with van der Waals surface area (Å²) in [5.41, 5.74) is 0.957. The van der Waals surface area contributed by atoms with Gasteiger partial charge in [-0.15, -0.1) is 0 Å². The molecule has 114 valence electrons. The highest BCUT2D eigenvalue weighted by molar-refractivity contribution is 5.29. The van der Waals surface area contributed by atoms with Crippen molar-refractivity contribution in [1.29, 1.82) is 0 Å². The number of halogens is 2. The SMILES string of the molecule is COCC(O)CN(C)C(C)c1ccc(OC(F)F)cc1. The van der Waals surface area contributed by atoms with E-state index in [9.17, 15) is 13.9 Å². The fourth-order valence-corrected chi connectivity index (χ4v) is 1.92. The zero-order chi connectivity index (χ0) is 15.1. The standard InChI is InChI=1S/C14H21F2NO3/c1-10(17(2)8-12(18)9-19-3)11-4-6-13(7-5-11)20-14(15)16/h4-7,10,12,14,18H,8-9H2,1-3H3. The Morgan fingerprint density at radius 3 is 2.35 bits per heavy atom. The molecule has 0 radical (unpaired) electrons. The lowest BCUT2D eigenvalue weighted by Crippen LogP contribution is -2.33. The van der Waals surface area contributed by atoms with Gasteiger partial charge < -0.3 is 14.6 Å². The van der Waals surface area contributed by atoms with Crippen molar-refractivity contribution >= 4 is 0 Å². The minimum atomic E-state index is -2.81. The first-order chi connectivity index (χ1) is 9.43. The van der Waals surface area contributed by atoms with Crippen molar-refractivity contribution in [2.75, 3.05) is 27.3 Å². The van der Waals surface area contributed by atoms with E-state index in [4.69, 9.17) is 4.74 Å². The number of rotatable bonds is 8. The monoisotopic (exact) mass is 289 g/mol. The van der Waals surface area contributed by atoms with Crippen LogP contribution >= 0.6 is 0 Å². The molecule has 0 fully saturated rings. The summed E-state index contributed by atoms with van der Waals surface area (Å²) in [6, 6.07) is 6.54. The lowest BCUT2D eigenvalue weighted by atomic mass is 10.1. The second kappa shape index (κ2) is 8.14. The largest absolute Gasteiger partial charge is 0.435 e. The van der Waals surface area contributed by atoms with Crippen molar-refractivity contribution in [3.05, 3.63) is 29.8 Å². The zero-order valence-electron chi connectivity index (χ0n) is 11.9. The Balaban J connectivity index is 2.59. The predicted octanol–water partition coefficient (Wildman–Crippen LogP) is 2.29. The normalized spacial score (nSPS) is 14.6. The number of methoxy groups -OCH3 is 1. The number of hydrogen-bond donors (Lipinski definition) is 1. The first-order valence-electron chi connectivity index (χ1n) is 6.36. The third-order valence-corrected chi connectivity index (χ3v) is 3.11. The van der Waals surface area contributed by atoms with Gasteiger partial charge in [0, 0.05) is 19.7 Å². The highest BCUT2D eigenvalue weighted by atomic mass is 19.3. The van der Waals surface area contributed by atoms with E-state index in [-0.39, 0.29) is 18.4 Å². The smallest absolute Gasteiger partial charge is 0.387 e. The third kappa shape index (κ3) is 5.40. The van der Waals surface area contributed by atoms with E-state index in [1.165, 1.54) is 19.2 Å². The number of likely N-dealkylation sites (N-methyl/N-ethyl adjacent to an activating group) is 1. The van der Waals surface area contributed by atoms with Crippen molar-refractivity contribution in [2.24, 2.45) is 0 Å². The van der Waals surface area contributed by atoms with Crippen LogP contribution < -0.4 is 4.74 Å². The van der Waals surface area contributed by atoms with E-state index in [1.54, 1.807) is 12.1 Å². The molecular weight excluding hydrogens is 268 g/mol. The highest BCUT2D eigenvalue weighted by Gasteiger charge is 2.15. The number of alkyl halides is 2. The molecule has 0 saturated heterocycles. The Morgan fingerprint density at radius 2 is 1.85 bits per heavy atom. The predicted molar refractivity (Wildman–Crippen MR) is 72.0 cm³/mol. The molecule has 1 N–H and O–H groups in total. The van der Waals surface area contributed by atoms with Gasteiger partial charge in [-0.1, -0.05) is 12.1 Å². The second-order valence-electron chi connectivity index (χ2n) is 4.67. The van der Waals surface area contributed by atoms with Crippen molar-refractivity contribution in [2.45, 2.75) is 25.7 Å². The molecule has 0 aromatic heterocycles.